The van der Waals surface area contributed by atoms with E-state index in [1.807, 2.05) is 0 Å². The highest BCUT2D eigenvalue weighted by molar-refractivity contribution is 5.75. The zero-order valence-corrected chi connectivity index (χ0v) is 11.6. The molecular formula is C14H21NO4. The van der Waals surface area contributed by atoms with E-state index in [9.17, 15) is 9.90 Å². The van der Waals surface area contributed by atoms with Crippen molar-refractivity contribution < 1.29 is 19.4 Å². The van der Waals surface area contributed by atoms with E-state index >= 15 is 0 Å². The maximum absolute atomic E-state index is 11.0. The van der Waals surface area contributed by atoms with Gasteiger partial charge in [-0.2, -0.15) is 0 Å². The van der Waals surface area contributed by atoms with Crippen LogP contribution in [-0.4, -0.2) is 31.8 Å². The molecule has 106 valence electrons. The fourth-order valence-corrected chi connectivity index (χ4v) is 1.60. The van der Waals surface area contributed by atoms with Crippen LogP contribution in [0.4, 0.5) is 0 Å². The second kappa shape index (κ2) is 7.63. The summed E-state index contributed by atoms with van der Waals surface area (Å²) < 4.78 is 10.8. The Balaban J connectivity index is 2.56. The van der Waals surface area contributed by atoms with E-state index in [0.29, 0.717) is 30.9 Å². The number of amides is 1. The van der Waals surface area contributed by atoms with Gasteiger partial charge in [0.05, 0.1) is 19.8 Å². The molecule has 0 bridgehead atoms. The zero-order chi connectivity index (χ0) is 14.3. The molecule has 1 aromatic rings. The Morgan fingerprint density at radius 3 is 2.74 bits per heavy atom. The molecule has 1 aromatic carbocycles. The number of rotatable bonds is 7. The minimum Gasteiger partial charge on any atom is -0.493 e. The maximum Gasteiger partial charge on any atom is 0.219 e. The third-order valence-electron chi connectivity index (χ3n) is 2.75. The van der Waals surface area contributed by atoms with Crippen LogP contribution in [0.2, 0.25) is 0 Å². The normalized spacial score (nSPS) is 11.8. The first kappa shape index (κ1) is 15.3. The Kier molecular flexibility index (Phi) is 6.15. The van der Waals surface area contributed by atoms with Crippen molar-refractivity contribution in [3.8, 4) is 11.5 Å². The van der Waals surface area contributed by atoms with Crippen molar-refractivity contribution in [3.63, 3.8) is 0 Å². The molecule has 0 aliphatic carbocycles. The fourth-order valence-electron chi connectivity index (χ4n) is 1.60. The highest BCUT2D eigenvalue weighted by atomic mass is 16.5. The van der Waals surface area contributed by atoms with Crippen LogP contribution >= 0.6 is 0 Å². The molecule has 1 amide bonds. The minimum atomic E-state index is -0.545. The van der Waals surface area contributed by atoms with Crippen LogP contribution in [0.15, 0.2) is 18.2 Å². The molecular weight excluding hydrogens is 246 g/mol. The topological polar surface area (TPSA) is 67.8 Å². The van der Waals surface area contributed by atoms with Crippen molar-refractivity contribution in [2.45, 2.75) is 25.9 Å². The lowest BCUT2D eigenvalue weighted by atomic mass is 10.1. The second-order valence-electron chi connectivity index (χ2n) is 4.21. The van der Waals surface area contributed by atoms with Crippen LogP contribution in [0.3, 0.4) is 0 Å². The summed E-state index contributed by atoms with van der Waals surface area (Å²) in [7, 11) is 3.17. The molecule has 5 nitrogen and oxygen atoms in total. The summed E-state index contributed by atoms with van der Waals surface area (Å²) in [5.41, 5.74) is 0.773. The van der Waals surface area contributed by atoms with Crippen molar-refractivity contribution in [2.75, 3.05) is 20.8 Å². The number of nitrogens with one attached hydrogen (secondary N) is 1. The standard InChI is InChI=1S/C14H21NO4/c1-10(16)11-6-7-12(13(9-11)18-3)19-8-4-5-14(17)15-2/h6-7,9-10,16H,4-5,8H2,1-3H3,(H,15,17)/t10-/m1/s1. The molecule has 1 atom stereocenters. The number of hydrogen-bond donors (Lipinski definition) is 2. The van der Waals surface area contributed by atoms with Crippen LogP contribution in [0.1, 0.15) is 31.4 Å². The Hall–Kier alpha value is -1.75. The number of carbonyl (C=O) groups is 1. The number of ether oxygens (including phenoxy) is 2. The summed E-state index contributed by atoms with van der Waals surface area (Å²) in [6.45, 7) is 2.14. The largest absolute Gasteiger partial charge is 0.493 e. The lowest BCUT2D eigenvalue weighted by Crippen LogP contribution is -2.18. The van der Waals surface area contributed by atoms with E-state index in [0.717, 1.165) is 5.56 Å². The van der Waals surface area contributed by atoms with Crippen molar-refractivity contribution in [2.24, 2.45) is 0 Å². The van der Waals surface area contributed by atoms with E-state index in [1.54, 1.807) is 39.3 Å². The van der Waals surface area contributed by atoms with Crippen molar-refractivity contribution in [1.82, 2.24) is 5.32 Å². The van der Waals surface area contributed by atoms with Crippen molar-refractivity contribution in [3.05, 3.63) is 23.8 Å². The molecule has 19 heavy (non-hydrogen) atoms. The van der Waals surface area contributed by atoms with Crippen LogP contribution in [0, 0.1) is 0 Å². The second-order valence-corrected chi connectivity index (χ2v) is 4.21. The Labute approximate surface area is 113 Å². The fraction of sp³-hybridized carbons (Fsp3) is 0.500. The number of aliphatic hydroxyl groups excluding tert-OH is 1. The number of methoxy groups -OCH3 is 1. The highest BCUT2D eigenvalue weighted by Gasteiger charge is 2.08. The van der Waals surface area contributed by atoms with E-state index in [2.05, 4.69) is 5.32 Å². The smallest absolute Gasteiger partial charge is 0.219 e. The molecule has 0 fully saturated rings. The van der Waals surface area contributed by atoms with E-state index in [1.165, 1.54) is 0 Å². The van der Waals surface area contributed by atoms with Gasteiger partial charge in [-0.3, -0.25) is 4.79 Å². The van der Waals surface area contributed by atoms with Crippen molar-refractivity contribution >= 4 is 5.91 Å². The van der Waals surface area contributed by atoms with Gasteiger partial charge in [0.2, 0.25) is 5.91 Å². The first-order valence-corrected chi connectivity index (χ1v) is 6.28. The number of benzene rings is 1. The molecule has 1 rings (SSSR count). The monoisotopic (exact) mass is 267 g/mol. The summed E-state index contributed by atoms with van der Waals surface area (Å²) in [5.74, 6) is 1.20. The molecule has 0 heterocycles. The van der Waals surface area contributed by atoms with Crippen LogP contribution < -0.4 is 14.8 Å². The maximum atomic E-state index is 11.0. The predicted molar refractivity (Wildman–Crippen MR) is 72.4 cm³/mol. The molecule has 5 heteroatoms. The van der Waals surface area contributed by atoms with Crippen LogP contribution in [0.5, 0.6) is 11.5 Å². The molecule has 0 saturated heterocycles. The van der Waals surface area contributed by atoms with E-state index < -0.39 is 6.10 Å². The lowest BCUT2D eigenvalue weighted by molar-refractivity contribution is -0.120. The van der Waals surface area contributed by atoms with Gasteiger partial charge in [-0.25, -0.2) is 0 Å². The molecule has 0 radical (unpaired) electrons. The van der Waals surface area contributed by atoms with Gasteiger partial charge in [-0.1, -0.05) is 6.07 Å². The molecule has 0 aliphatic rings. The van der Waals surface area contributed by atoms with Crippen LogP contribution in [0.25, 0.3) is 0 Å². The van der Waals surface area contributed by atoms with Gasteiger partial charge < -0.3 is 19.9 Å². The highest BCUT2D eigenvalue weighted by Crippen LogP contribution is 2.30. The number of carbonyl (C=O) groups excluding carboxylic acids is 1. The summed E-state index contributed by atoms with van der Waals surface area (Å²) >= 11 is 0. The third-order valence-corrected chi connectivity index (χ3v) is 2.75. The first-order chi connectivity index (χ1) is 9.08. The van der Waals surface area contributed by atoms with Crippen molar-refractivity contribution in [1.29, 1.82) is 0 Å². The van der Waals surface area contributed by atoms with Gasteiger partial charge in [0.25, 0.3) is 0 Å². The van der Waals surface area contributed by atoms with Gasteiger partial charge in [0.1, 0.15) is 0 Å². The van der Waals surface area contributed by atoms with Gasteiger partial charge in [-0.15, -0.1) is 0 Å². The molecule has 0 unspecified atom stereocenters. The van der Waals surface area contributed by atoms with E-state index in [4.69, 9.17) is 9.47 Å². The van der Waals surface area contributed by atoms with Gasteiger partial charge >= 0.3 is 0 Å². The lowest BCUT2D eigenvalue weighted by Gasteiger charge is -2.13. The Bertz CT molecular complexity index is 418. The number of aliphatic hydroxyl groups is 1. The third kappa shape index (κ3) is 4.79. The molecule has 2 N–H and O–H groups in total. The summed E-state index contributed by atoms with van der Waals surface area (Å²) in [5, 5.41) is 12.1. The average Bonchev–Trinajstić information content (AvgIpc) is 2.42. The van der Waals surface area contributed by atoms with Gasteiger partial charge in [0, 0.05) is 13.5 Å². The molecule has 0 aromatic heterocycles. The average molecular weight is 267 g/mol. The predicted octanol–water partition coefficient (Wildman–Crippen LogP) is 1.65. The summed E-state index contributed by atoms with van der Waals surface area (Å²) in [6, 6.07) is 5.31. The zero-order valence-electron chi connectivity index (χ0n) is 11.6. The van der Waals surface area contributed by atoms with Crippen LogP contribution in [-0.2, 0) is 4.79 Å². The summed E-state index contributed by atoms with van der Waals surface area (Å²) in [4.78, 5) is 11.0. The molecule has 0 aliphatic heterocycles. The van der Waals surface area contributed by atoms with Gasteiger partial charge in [-0.05, 0) is 31.0 Å². The first-order valence-electron chi connectivity index (χ1n) is 6.28. The van der Waals surface area contributed by atoms with Gasteiger partial charge in [0.15, 0.2) is 11.5 Å². The Morgan fingerprint density at radius 2 is 2.16 bits per heavy atom. The van der Waals surface area contributed by atoms with E-state index in [-0.39, 0.29) is 5.91 Å². The SMILES string of the molecule is CNC(=O)CCCOc1ccc([C@@H](C)O)cc1OC. The quantitative estimate of drug-likeness (QED) is 0.737. The number of hydrogen-bond acceptors (Lipinski definition) is 4. The minimum absolute atomic E-state index is 0.0000169. The summed E-state index contributed by atoms with van der Waals surface area (Å²) in [6.07, 6.45) is 0.530. The molecule has 0 spiro atoms. The molecule has 0 saturated carbocycles. The Morgan fingerprint density at radius 1 is 1.42 bits per heavy atom.